The summed E-state index contributed by atoms with van der Waals surface area (Å²) in [5, 5.41) is 0. The maximum absolute atomic E-state index is 3.98. The van der Waals surface area contributed by atoms with Crippen molar-refractivity contribution in [3.8, 4) is 11.1 Å². The number of benzene rings is 3. The topological polar surface area (TPSA) is 3.24 Å². The van der Waals surface area contributed by atoms with Gasteiger partial charge in [0, 0.05) is 29.4 Å². The summed E-state index contributed by atoms with van der Waals surface area (Å²) in [6.45, 7) is 12.5. The number of allylic oxidation sites excluding steroid dienone is 4. The fourth-order valence-electron chi connectivity index (χ4n) is 4.44. The molecule has 3 aromatic carbocycles. The number of hydrogen-bond donors (Lipinski definition) is 0. The van der Waals surface area contributed by atoms with Crippen LogP contribution in [0.2, 0.25) is 0 Å². The molecular weight excluding hydrogens is 350 g/mol. The molecule has 0 radical (unpaired) electrons. The summed E-state index contributed by atoms with van der Waals surface area (Å²) >= 11 is 0. The lowest BCUT2D eigenvalue weighted by Crippen LogP contribution is -2.17. The van der Waals surface area contributed by atoms with Crippen LogP contribution in [0.5, 0.6) is 0 Å². The average molecular weight is 378 g/mol. The van der Waals surface area contributed by atoms with E-state index in [1.807, 2.05) is 18.2 Å². The predicted molar refractivity (Wildman–Crippen MR) is 127 cm³/mol. The Hall–Kier alpha value is -3.32. The Morgan fingerprint density at radius 1 is 0.862 bits per heavy atom. The first-order chi connectivity index (χ1) is 14.0. The minimum absolute atomic E-state index is 0.00266. The van der Waals surface area contributed by atoms with Crippen molar-refractivity contribution in [2.45, 2.75) is 19.3 Å². The molecule has 0 atom stereocenters. The van der Waals surface area contributed by atoms with E-state index in [9.17, 15) is 0 Å². The zero-order chi connectivity index (χ0) is 20.6. The van der Waals surface area contributed by atoms with E-state index < -0.39 is 0 Å². The van der Waals surface area contributed by atoms with Crippen LogP contribution in [-0.2, 0) is 5.41 Å². The van der Waals surface area contributed by atoms with Crippen LogP contribution in [0.1, 0.15) is 30.5 Å². The molecule has 0 heterocycles. The molecule has 0 N–H and O–H groups in total. The van der Waals surface area contributed by atoms with Crippen molar-refractivity contribution in [1.29, 1.82) is 0 Å². The van der Waals surface area contributed by atoms with Gasteiger partial charge in [-0.3, -0.25) is 0 Å². The van der Waals surface area contributed by atoms with Gasteiger partial charge in [0.05, 0.1) is 0 Å². The maximum atomic E-state index is 3.98. The molecule has 3 aromatic rings. The van der Waals surface area contributed by atoms with E-state index >= 15 is 0 Å². The third kappa shape index (κ3) is 3.03. The monoisotopic (exact) mass is 377 g/mol. The first kappa shape index (κ1) is 19.0. The minimum Gasteiger partial charge on any atom is -0.344 e. The number of para-hydroxylation sites is 1. The molecule has 144 valence electrons. The zero-order valence-electron chi connectivity index (χ0n) is 17.4. The molecule has 0 amide bonds. The highest BCUT2D eigenvalue weighted by Crippen LogP contribution is 2.49. The summed E-state index contributed by atoms with van der Waals surface area (Å²) in [4.78, 5) is 2.26. The van der Waals surface area contributed by atoms with Crippen molar-refractivity contribution in [3.63, 3.8) is 0 Å². The van der Waals surface area contributed by atoms with Gasteiger partial charge in [-0.1, -0.05) is 93.8 Å². The van der Waals surface area contributed by atoms with E-state index in [-0.39, 0.29) is 5.41 Å². The van der Waals surface area contributed by atoms with E-state index in [1.54, 1.807) is 0 Å². The van der Waals surface area contributed by atoms with Gasteiger partial charge >= 0.3 is 0 Å². The van der Waals surface area contributed by atoms with E-state index in [2.05, 4.69) is 106 Å². The molecule has 29 heavy (non-hydrogen) atoms. The summed E-state index contributed by atoms with van der Waals surface area (Å²) in [6, 6.07) is 24.0. The molecule has 0 unspecified atom stereocenters. The molecule has 0 spiro atoms. The van der Waals surface area contributed by atoms with Crippen LogP contribution in [0.25, 0.3) is 16.7 Å². The van der Waals surface area contributed by atoms with E-state index in [4.69, 9.17) is 0 Å². The van der Waals surface area contributed by atoms with E-state index in [1.165, 1.54) is 27.9 Å². The lowest BCUT2D eigenvalue weighted by atomic mass is 9.82. The fourth-order valence-corrected chi connectivity index (χ4v) is 4.44. The largest absolute Gasteiger partial charge is 0.344 e. The van der Waals surface area contributed by atoms with Gasteiger partial charge in [-0.05, 0) is 46.0 Å². The summed E-state index contributed by atoms with van der Waals surface area (Å²) in [5.74, 6) is 0. The Labute approximate surface area is 174 Å². The van der Waals surface area contributed by atoms with E-state index in [0.717, 1.165) is 16.8 Å². The number of anilines is 2. The molecule has 4 rings (SSSR count). The molecule has 0 aliphatic heterocycles. The van der Waals surface area contributed by atoms with Gasteiger partial charge in [-0.15, -0.1) is 0 Å². The Morgan fingerprint density at radius 2 is 1.55 bits per heavy atom. The van der Waals surface area contributed by atoms with Crippen LogP contribution in [-0.4, -0.2) is 7.05 Å². The number of rotatable bonds is 5. The van der Waals surface area contributed by atoms with Crippen molar-refractivity contribution in [1.82, 2.24) is 0 Å². The second-order valence-corrected chi connectivity index (χ2v) is 8.04. The summed E-state index contributed by atoms with van der Waals surface area (Å²) in [6.07, 6.45) is 5.70. The average Bonchev–Trinajstić information content (AvgIpc) is 2.98. The van der Waals surface area contributed by atoms with Crippen LogP contribution in [0.15, 0.2) is 98.1 Å². The van der Waals surface area contributed by atoms with Crippen molar-refractivity contribution >= 4 is 16.9 Å². The molecule has 1 heteroatoms. The lowest BCUT2D eigenvalue weighted by molar-refractivity contribution is 0.660. The van der Waals surface area contributed by atoms with Gasteiger partial charge in [0.15, 0.2) is 0 Å². The summed E-state index contributed by atoms with van der Waals surface area (Å²) in [7, 11) is 2.13. The van der Waals surface area contributed by atoms with Gasteiger partial charge in [-0.25, -0.2) is 0 Å². The Balaban J connectivity index is 1.82. The van der Waals surface area contributed by atoms with Crippen molar-refractivity contribution in [2.24, 2.45) is 0 Å². The second-order valence-electron chi connectivity index (χ2n) is 8.04. The van der Waals surface area contributed by atoms with Gasteiger partial charge < -0.3 is 4.90 Å². The molecule has 0 saturated heterocycles. The van der Waals surface area contributed by atoms with Gasteiger partial charge in [-0.2, -0.15) is 0 Å². The summed E-state index contributed by atoms with van der Waals surface area (Å²) < 4.78 is 0. The van der Waals surface area contributed by atoms with Crippen LogP contribution in [0.3, 0.4) is 0 Å². The number of fused-ring (bicyclic) bond motifs is 3. The van der Waals surface area contributed by atoms with Gasteiger partial charge in [0.2, 0.25) is 0 Å². The molecule has 1 nitrogen and oxygen atoms in total. The zero-order valence-corrected chi connectivity index (χ0v) is 17.4. The molecule has 1 aliphatic carbocycles. The Bertz CT molecular complexity index is 1130. The normalized spacial score (nSPS) is 14.1. The molecule has 1 aliphatic rings. The highest BCUT2D eigenvalue weighted by molar-refractivity contribution is 5.87. The molecule has 0 bridgehead atoms. The first-order valence-electron chi connectivity index (χ1n) is 10.0. The minimum atomic E-state index is -0.00266. The Kier molecular flexibility index (Phi) is 4.76. The number of hydrogen-bond acceptors (Lipinski definition) is 1. The maximum Gasteiger partial charge on any atom is 0.0487 e. The summed E-state index contributed by atoms with van der Waals surface area (Å²) in [5.41, 5.74) is 10.0. The van der Waals surface area contributed by atoms with Crippen molar-refractivity contribution in [3.05, 3.63) is 115 Å². The highest BCUT2D eigenvalue weighted by Gasteiger charge is 2.35. The van der Waals surface area contributed by atoms with Crippen LogP contribution >= 0.6 is 0 Å². The molecular formula is C28H27N. The second kappa shape index (κ2) is 7.25. The SMILES string of the molecule is C=CC=C(C=C)c1ccccc1N(C)c1ccc2c(c1)C(C)(C)c1ccccc1-2. The third-order valence-electron chi connectivity index (χ3n) is 6.05. The van der Waals surface area contributed by atoms with Crippen LogP contribution < -0.4 is 4.90 Å². The molecule has 0 saturated carbocycles. The fraction of sp³-hybridized carbons (Fsp3) is 0.143. The van der Waals surface area contributed by atoms with Crippen molar-refractivity contribution < 1.29 is 0 Å². The van der Waals surface area contributed by atoms with Crippen LogP contribution in [0, 0.1) is 0 Å². The number of nitrogens with zero attached hydrogens (tertiary/aromatic N) is 1. The van der Waals surface area contributed by atoms with Gasteiger partial charge in [0.25, 0.3) is 0 Å². The highest BCUT2D eigenvalue weighted by atomic mass is 15.1. The van der Waals surface area contributed by atoms with E-state index in [0.29, 0.717) is 0 Å². The lowest BCUT2D eigenvalue weighted by Gasteiger charge is -2.26. The molecule has 0 aromatic heterocycles. The molecule has 0 fully saturated rings. The van der Waals surface area contributed by atoms with Gasteiger partial charge in [0.1, 0.15) is 0 Å². The first-order valence-corrected chi connectivity index (χ1v) is 10.0. The van der Waals surface area contributed by atoms with Crippen LogP contribution in [0.4, 0.5) is 11.4 Å². The standard InChI is InChI=1S/C28H27N/c1-6-12-20(7-2)22-13-9-11-16-27(22)29(5)21-17-18-24-23-14-8-10-15-25(23)28(3,4)26(24)19-21/h6-19H,1-2H2,3-5H3. The Morgan fingerprint density at radius 3 is 2.31 bits per heavy atom. The smallest absolute Gasteiger partial charge is 0.0487 e. The van der Waals surface area contributed by atoms with Crippen molar-refractivity contribution in [2.75, 3.05) is 11.9 Å². The predicted octanol–water partition coefficient (Wildman–Crippen LogP) is 7.52. The third-order valence-corrected chi connectivity index (χ3v) is 6.05. The quantitative estimate of drug-likeness (QED) is 0.416.